The molecule has 0 aliphatic heterocycles. The van der Waals surface area contributed by atoms with E-state index >= 15 is 0 Å². The van der Waals surface area contributed by atoms with Gasteiger partial charge in [0.15, 0.2) is 0 Å². The van der Waals surface area contributed by atoms with E-state index in [0.29, 0.717) is 11.3 Å². The van der Waals surface area contributed by atoms with Gasteiger partial charge in [0.2, 0.25) is 0 Å². The Kier molecular flexibility index (Phi) is 3.53. The number of amides is 1. The van der Waals surface area contributed by atoms with Crippen LogP contribution < -0.4 is 5.32 Å². The van der Waals surface area contributed by atoms with E-state index in [-0.39, 0.29) is 0 Å². The normalized spacial score (nSPS) is 9.83. The number of anilines is 1. The fraction of sp³-hybridized carbons (Fsp3) is 0.0667. The van der Waals surface area contributed by atoms with E-state index in [1.165, 1.54) is 0 Å². The van der Waals surface area contributed by atoms with Crippen LogP contribution in [0.2, 0.25) is 0 Å². The monoisotopic (exact) mass is 239 g/mol. The lowest BCUT2D eigenvalue weighted by molar-refractivity contribution is -0.112. The molecule has 0 aliphatic carbocycles. The number of ketones is 1. The third kappa shape index (κ3) is 2.63. The Morgan fingerprint density at radius 3 is 2.17 bits per heavy atom. The van der Waals surface area contributed by atoms with E-state index in [9.17, 15) is 9.59 Å². The number of nitrogens with one attached hydrogen (secondary N) is 1. The maximum atomic E-state index is 11.8. The Bertz CT molecular complexity index is 576. The lowest BCUT2D eigenvalue weighted by atomic mass is 10.1. The van der Waals surface area contributed by atoms with Gasteiger partial charge in [-0.15, -0.1) is 0 Å². The Hall–Kier alpha value is -2.42. The highest BCUT2D eigenvalue weighted by molar-refractivity contribution is 6.46. The molecular weight excluding hydrogens is 226 g/mol. The van der Waals surface area contributed by atoms with Crippen LogP contribution in [0.5, 0.6) is 0 Å². The number of aryl methyl sites for hydroxylation is 1. The zero-order valence-electron chi connectivity index (χ0n) is 10.0. The maximum absolute atomic E-state index is 11.8. The molecule has 0 spiro atoms. The molecule has 90 valence electrons. The van der Waals surface area contributed by atoms with E-state index in [1.807, 2.05) is 25.1 Å². The minimum Gasteiger partial charge on any atom is -0.319 e. The number of para-hydroxylation sites is 1. The van der Waals surface area contributed by atoms with E-state index in [0.717, 1.165) is 5.56 Å². The average molecular weight is 239 g/mol. The number of Topliss-reactive ketones (excluding diaryl/α,β-unsaturated/α-hetero) is 1. The molecule has 18 heavy (non-hydrogen) atoms. The summed E-state index contributed by atoms with van der Waals surface area (Å²) in [4.78, 5) is 23.7. The van der Waals surface area contributed by atoms with Crippen molar-refractivity contribution in [1.29, 1.82) is 0 Å². The van der Waals surface area contributed by atoms with Crippen LogP contribution in [0, 0.1) is 6.92 Å². The highest BCUT2D eigenvalue weighted by atomic mass is 16.2. The van der Waals surface area contributed by atoms with Crippen LogP contribution >= 0.6 is 0 Å². The first-order valence-electron chi connectivity index (χ1n) is 5.65. The highest BCUT2D eigenvalue weighted by Gasteiger charge is 2.16. The lowest BCUT2D eigenvalue weighted by Crippen LogP contribution is -2.23. The smallest absolute Gasteiger partial charge is 0.296 e. The summed E-state index contributed by atoms with van der Waals surface area (Å²) in [7, 11) is 0. The molecule has 2 aromatic rings. The third-order valence-corrected chi connectivity index (χ3v) is 2.64. The number of rotatable bonds is 3. The van der Waals surface area contributed by atoms with Gasteiger partial charge >= 0.3 is 0 Å². The maximum Gasteiger partial charge on any atom is 0.296 e. The van der Waals surface area contributed by atoms with Crippen molar-refractivity contribution in [1.82, 2.24) is 0 Å². The summed E-state index contributed by atoms with van der Waals surface area (Å²) in [5.41, 5.74) is 1.97. The minimum atomic E-state index is -0.615. The summed E-state index contributed by atoms with van der Waals surface area (Å²) in [6.07, 6.45) is 0. The van der Waals surface area contributed by atoms with Crippen LogP contribution in [0.1, 0.15) is 15.9 Å². The summed E-state index contributed by atoms with van der Waals surface area (Å²) < 4.78 is 0. The Labute approximate surface area is 105 Å². The summed E-state index contributed by atoms with van der Waals surface area (Å²) >= 11 is 0. The van der Waals surface area contributed by atoms with E-state index < -0.39 is 11.7 Å². The number of hydrogen-bond donors (Lipinski definition) is 1. The van der Waals surface area contributed by atoms with Crippen molar-refractivity contribution in [2.75, 3.05) is 5.32 Å². The van der Waals surface area contributed by atoms with Gasteiger partial charge in [-0.25, -0.2) is 0 Å². The van der Waals surface area contributed by atoms with Crippen LogP contribution in [0.4, 0.5) is 5.69 Å². The molecule has 1 amide bonds. The predicted octanol–water partition coefficient (Wildman–Crippen LogP) is 2.82. The van der Waals surface area contributed by atoms with Crippen molar-refractivity contribution >= 4 is 17.4 Å². The summed E-state index contributed by atoms with van der Waals surface area (Å²) in [6.45, 7) is 1.88. The topological polar surface area (TPSA) is 46.2 Å². The molecule has 1 N–H and O–H groups in total. The van der Waals surface area contributed by atoms with Gasteiger partial charge in [0.1, 0.15) is 0 Å². The molecule has 0 unspecified atom stereocenters. The second-order valence-corrected chi connectivity index (χ2v) is 3.96. The Balaban J connectivity index is 2.14. The van der Waals surface area contributed by atoms with Gasteiger partial charge in [-0.1, -0.05) is 48.5 Å². The summed E-state index contributed by atoms with van der Waals surface area (Å²) in [5, 5.41) is 2.62. The number of carbonyl (C=O) groups is 2. The SMILES string of the molecule is Cc1ccccc1NC(=O)C(=O)c1ccccc1. The van der Waals surface area contributed by atoms with Crippen molar-refractivity contribution in [3.8, 4) is 0 Å². The molecular formula is C15H13NO2. The van der Waals surface area contributed by atoms with Crippen LogP contribution in [0.15, 0.2) is 54.6 Å². The molecule has 0 saturated carbocycles. The molecule has 0 heterocycles. The van der Waals surface area contributed by atoms with Gasteiger partial charge in [-0.05, 0) is 18.6 Å². The van der Waals surface area contributed by atoms with Gasteiger partial charge in [-0.2, -0.15) is 0 Å². The first-order valence-corrected chi connectivity index (χ1v) is 5.65. The second-order valence-electron chi connectivity index (χ2n) is 3.96. The van der Waals surface area contributed by atoms with Crippen molar-refractivity contribution in [3.05, 3.63) is 65.7 Å². The third-order valence-electron chi connectivity index (χ3n) is 2.64. The van der Waals surface area contributed by atoms with Gasteiger partial charge in [-0.3, -0.25) is 9.59 Å². The molecule has 0 fully saturated rings. The Morgan fingerprint density at radius 2 is 1.50 bits per heavy atom. The Morgan fingerprint density at radius 1 is 0.889 bits per heavy atom. The van der Waals surface area contributed by atoms with Crippen molar-refractivity contribution in [3.63, 3.8) is 0 Å². The molecule has 2 rings (SSSR count). The standard InChI is InChI=1S/C15H13NO2/c1-11-7-5-6-10-13(11)16-15(18)14(17)12-8-3-2-4-9-12/h2-10H,1H3,(H,16,18). The van der Waals surface area contributed by atoms with Gasteiger partial charge < -0.3 is 5.32 Å². The first-order chi connectivity index (χ1) is 8.68. The predicted molar refractivity (Wildman–Crippen MR) is 70.6 cm³/mol. The molecule has 0 bridgehead atoms. The molecule has 0 saturated heterocycles. The molecule has 0 atom stereocenters. The minimum absolute atomic E-state index is 0.392. The van der Waals surface area contributed by atoms with Crippen LogP contribution in [-0.4, -0.2) is 11.7 Å². The number of hydrogen-bond acceptors (Lipinski definition) is 2. The average Bonchev–Trinajstić information content (AvgIpc) is 2.41. The van der Waals surface area contributed by atoms with Crippen LogP contribution in [0.25, 0.3) is 0 Å². The molecule has 0 aromatic heterocycles. The fourth-order valence-electron chi connectivity index (χ4n) is 1.61. The fourth-order valence-corrected chi connectivity index (χ4v) is 1.61. The zero-order chi connectivity index (χ0) is 13.0. The molecule has 3 nitrogen and oxygen atoms in total. The zero-order valence-corrected chi connectivity index (χ0v) is 10.0. The van der Waals surface area contributed by atoms with Gasteiger partial charge in [0.05, 0.1) is 0 Å². The van der Waals surface area contributed by atoms with Crippen LogP contribution in [0.3, 0.4) is 0 Å². The molecule has 0 radical (unpaired) electrons. The van der Waals surface area contributed by atoms with E-state index in [1.54, 1.807) is 36.4 Å². The molecule has 0 aliphatic rings. The van der Waals surface area contributed by atoms with E-state index in [2.05, 4.69) is 5.32 Å². The van der Waals surface area contributed by atoms with Crippen molar-refractivity contribution in [2.24, 2.45) is 0 Å². The first kappa shape index (κ1) is 12.0. The molecule has 2 aromatic carbocycles. The van der Waals surface area contributed by atoms with Crippen molar-refractivity contribution < 1.29 is 9.59 Å². The molecule has 3 heteroatoms. The lowest BCUT2D eigenvalue weighted by Gasteiger charge is -2.07. The summed E-state index contributed by atoms with van der Waals surface area (Å²) in [6, 6.07) is 15.9. The van der Waals surface area contributed by atoms with Gasteiger partial charge in [0.25, 0.3) is 11.7 Å². The van der Waals surface area contributed by atoms with Crippen molar-refractivity contribution in [2.45, 2.75) is 6.92 Å². The van der Waals surface area contributed by atoms with Gasteiger partial charge in [0, 0.05) is 11.3 Å². The largest absolute Gasteiger partial charge is 0.319 e. The quantitative estimate of drug-likeness (QED) is 0.661. The second kappa shape index (κ2) is 5.27. The number of benzene rings is 2. The highest BCUT2D eigenvalue weighted by Crippen LogP contribution is 2.13. The van der Waals surface area contributed by atoms with Crippen LogP contribution in [-0.2, 0) is 4.79 Å². The van der Waals surface area contributed by atoms with E-state index in [4.69, 9.17) is 0 Å². The number of carbonyl (C=O) groups excluding carboxylic acids is 2. The summed E-state index contributed by atoms with van der Waals surface area (Å²) in [5.74, 6) is -1.14.